The van der Waals surface area contributed by atoms with Gasteiger partial charge in [-0.1, -0.05) is 0 Å². The number of nitrogen functional groups attached to an aromatic ring is 1. The van der Waals surface area contributed by atoms with Gasteiger partial charge in [-0.25, -0.2) is 5.84 Å². The second-order valence-electron chi connectivity index (χ2n) is 5.87. The first-order valence-electron chi connectivity index (χ1n) is 7.67. The van der Waals surface area contributed by atoms with Crippen LogP contribution in [0.3, 0.4) is 0 Å². The number of likely N-dealkylation sites (N-methyl/N-ethyl adjacent to an activating group) is 1. The first-order chi connectivity index (χ1) is 10.2. The van der Waals surface area contributed by atoms with Crippen LogP contribution in [0.15, 0.2) is 0 Å². The van der Waals surface area contributed by atoms with Gasteiger partial charge in [0.1, 0.15) is 0 Å². The van der Waals surface area contributed by atoms with Gasteiger partial charge in [-0.3, -0.25) is 5.43 Å². The van der Waals surface area contributed by atoms with Crippen LogP contribution in [0.5, 0.6) is 0 Å². The second-order valence-corrected chi connectivity index (χ2v) is 5.87. The summed E-state index contributed by atoms with van der Waals surface area (Å²) in [7, 11) is 2.14. The molecule has 1 aromatic heterocycles. The van der Waals surface area contributed by atoms with Gasteiger partial charge in [-0.05, 0) is 39.3 Å². The minimum absolute atomic E-state index is 0.378. The third-order valence-electron chi connectivity index (χ3n) is 4.10. The zero-order valence-electron chi connectivity index (χ0n) is 12.5. The number of hydrazine groups is 1. The molecule has 4 N–H and O–H groups in total. The van der Waals surface area contributed by atoms with E-state index in [0.717, 1.165) is 32.6 Å². The van der Waals surface area contributed by atoms with Crippen molar-refractivity contribution >= 4 is 17.8 Å². The third-order valence-corrected chi connectivity index (χ3v) is 4.10. The molecule has 1 aromatic rings. The van der Waals surface area contributed by atoms with Crippen LogP contribution in [-0.2, 0) is 0 Å². The van der Waals surface area contributed by atoms with E-state index >= 15 is 0 Å². The molecule has 116 valence electrons. The van der Waals surface area contributed by atoms with Gasteiger partial charge in [0.2, 0.25) is 17.8 Å². The van der Waals surface area contributed by atoms with E-state index in [0.29, 0.717) is 23.9 Å². The summed E-state index contributed by atoms with van der Waals surface area (Å²) in [6.07, 6.45) is 4.71. The van der Waals surface area contributed by atoms with Crippen LogP contribution in [-0.4, -0.2) is 59.1 Å². The van der Waals surface area contributed by atoms with Gasteiger partial charge in [0, 0.05) is 25.7 Å². The highest BCUT2D eigenvalue weighted by Crippen LogP contribution is 2.19. The fraction of sp³-hybridized carbons (Fsp3) is 0.769. The Labute approximate surface area is 125 Å². The highest BCUT2D eigenvalue weighted by atomic mass is 15.4. The Balaban J connectivity index is 1.75. The van der Waals surface area contributed by atoms with Crippen molar-refractivity contribution < 1.29 is 0 Å². The molecule has 0 aromatic carbocycles. The number of hydrogen-bond acceptors (Lipinski definition) is 8. The van der Waals surface area contributed by atoms with Gasteiger partial charge in [0.05, 0.1) is 0 Å². The van der Waals surface area contributed by atoms with E-state index in [1.54, 1.807) is 0 Å². The smallest absolute Gasteiger partial charge is 0.243 e. The van der Waals surface area contributed by atoms with Crippen molar-refractivity contribution in [2.24, 2.45) is 5.84 Å². The molecule has 8 nitrogen and oxygen atoms in total. The summed E-state index contributed by atoms with van der Waals surface area (Å²) >= 11 is 0. The van der Waals surface area contributed by atoms with Crippen LogP contribution in [0.1, 0.15) is 25.7 Å². The Morgan fingerprint density at radius 1 is 1.05 bits per heavy atom. The van der Waals surface area contributed by atoms with Crippen LogP contribution >= 0.6 is 0 Å². The van der Waals surface area contributed by atoms with Gasteiger partial charge in [0.25, 0.3) is 0 Å². The number of piperidine rings is 1. The van der Waals surface area contributed by atoms with E-state index in [1.807, 2.05) is 0 Å². The molecule has 2 fully saturated rings. The first-order valence-corrected chi connectivity index (χ1v) is 7.67. The average molecular weight is 292 g/mol. The molecule has 2 aliphatic heterocycles. The first kappa shape index (κ1) is 14.3. The lowest BCUT2D eigenvalue weighted by Crippen LogP contribution is -2.40. The van der Waals surface area contributed by atoms with Gasteiger partial charge in [-0.15, -0.1) is 0 Å². The zero-order valence-corrected chi connectivity index (χ0v) is 12.5. The molecule has 1 atom stereocenters. The van der Waals surface area contributed by atoms with E-state index in [1.165, 1.54) is 19.3 Å². The molecular formula is C13H24N8. The topological polar surface area (TPSA) is 95.2 Å². The van der Waals surface area contributed by atoms with Crippen molar-refractivity contribution in [2.45, 2.75) is 31.7 Å². The number of likely N-dealkylation sites (tertiary alicyclic amines) is 1. The molecule has 0 amide bonds. The quantitative estimate of drug-likeness (QED) is 0.537. The Kier molecular flexibility index (Phi) is 4.35. The maximum Gasteiger partial charge on any atom is 0.243 e. The highest BCUT2D eigenvalue weighted by molar-refractivity contribution is 5.44. The summed E-state index contributed by atoms with van der Waals surface area (Å²) < 4.78 is 0. The summed E-state index contributed by atoms with van der Waals surface area (Å²) in [5, 5.41) is 3.42. The van der Waals surface area contributed by atoms with Crippen LogP contribution in [0.25, 0.3) is 0 Å². The molecule has 2 saturated heterocycles. The minimum atomic E-state index is 0.378. The summed E-state index contributed by atoms with van der Waals surface area (Å²) in [6.45, 7) is 4.17. The number of nitrogens with zero attached hydrogens (tertiary/aromatic N) is 5. The van der Waals surface area contributed by atoms with Crippen LogP contribution in [0.4, 0.5) is 17.8 Å². The van der Waals surface area contributed by atoms with Crippen molar-refractivity contribution in [3.63, 3.8) is 0 Å². The SMILES string of the molecule is CN1CCCC(Nc2nc(NN)nc(N3CCCC3)n2)C1. The Morgan fingerprint density at radius 3 is 2.52 bits per heavy atom. The van der Waals surface area contributed by atoms with E-state index < -0.39 is 0 Å². The molecule has 0 saturated carbocycles. The fourth-order valence-electron chi connectivity index (χ4n) is 3.02. The Morgan fingerprint density at radius 2 is 1.81 bits per heavy atom. The van der Waals surface area contributed by atoms with Gasteiger partial charge >= 0.3 is 0 Å². The molecule has 0 aliphatic carbocycles. The molecule has 8 heteroatoms. The third kappa shape index (κ3) is 3.51. The summed E-state index contributed by atoms with van der Waals surface area (Å²) in [6, 6.07) is 0.378. The number of aromatic nitrogens is 3. The standard InChI is InChI=1S/C13H24N8/c1-20-6-4-5-10(9-20)15-11-16-12(19-14)18-13(17-11)21-7-2-3-8-21/h10H,2-9,14H2,1H3,(H2,15,16,17,18,19). The molecule has 0 spiro atoms. The second kappa shape index (κ2) is 6.40. The maximum atomic E-state index is 5.48. The Bertz CT molecular complexity index is 473. The largest absolute Gasteiger partial charge is 0.350 e. The van der Waals surface area contributed by atoms with E-state index in [-0.39, 0.29) is 0 Å². The van der Waals surface area contributed by atoms with E-state index in [4.69, 9.17) is 5.84 Å². The van der Waals surface area contributed by atoms with Crippen molar-refractivity contribution in [3.8, 4) is 0 Å². The summed E-state index contributed by atoms with van der Waals surface area (Å²) in [5.41, 5.74) is 2.54. The lowest BCUT2D eigenvalue weighted by molar-refractivity contribution is 0.260. The average Bonchev–Trinajstić information content (AvgIpc) is 3.01. The number of hydrogen-bond donors (Lipinski definition) is 3. The lowest BCUT2D eigenvalue weighted by atomic mass is 10.1. The maximum absolute atomic E-state index is 5.48. The van der Waals surface area contributed by atoms with Gasteiger partial charge in [-0.2, -0.15) is 15.0 Å². The monoisotopic (exact) mass is 292 g/mol. The summed E-state index contributed by atoms with van der Waals surface area (Å²) in [4.78, 5) is 17.8. The normalized spacial score (nSPS) is 23.3. The van der Waals surface area contributed by atoms with Gasteiger partial charge < -0.3 is 15.1 Å². The molecule has 3 heterocycles. The number of nitrogens with two attached hydrogens (primary N) is 1. The highest BCUT2D eigenvalue weighted by Gasteiger charge is 2.20. The van der Waals surface area contributed by atoms with E-state index in [9.17, 15) is 0 Å². The van der Waals surface area contributed by atoms with Crippen molar-refractivity contribution in [1.82, 2.24) is 19.9 Å². The summed E-state index contributed by atoms with van der Waals surface area (Å²) in [5.74, 6) is 7.22. The predicted molar refractivity (Wildman–Crippen MR) is 83.2 cm³/mol. The fourth-order valence-corrected chi connectivity index (χ4v) is 3.02. The molecule has 0 radical (unpaired) electrons. The molecule has 3 rings (SSSR count). The van der Waals surface area contributed by atoms with Crippen LogP contribution in [0, 0.1) is 0 Å². The van der Waals surface area contributed by atoms with Gasteiger partial charge in [0.15, 0.2) is 0 Å². The number of nitrogens with one attached hydrogen (secondary N) is 2. The molecular weight excluding hydrogens is 268 g/mol. The molecule has 1 unspecified atom stereocenters. The Hall–Kier alpha value is -1.67. The predicted octanol–water partition coefficient (Wildman–Crippen LogP) is 0.264. The van der Waals surface area contributed by atoms with E-state index in [2.05, 4.69) is 42.5 Å². The number of anilines is 3. The van der Waals surface area contributed by atoms with Crippen LogP contribution < -0.4 is 21.5 Å². The number of rotatable bonds is 4. The zero-order chi connectivity index (χ0) is 14.7. The van der Waals surface area contributed by atoms with Crippen molar-refractivity contribution in [2.75, 3.05) is 48.9 Å². The lowest BCUT2D eigenvalue weighted by Gasteiger charge is -2.30. The molecule has 2 aliphatic rings. The van der Waals surface area contributed by atoms with Crippen molar-refractivity contribution in [3.05, 3.63) is 0 Å². The van der Waals surface area contributed by atoms with Crippen molar-refractivity contribution in [1.29, 1.82) is 0 Å². The van der Waals surface area contributed by atoms with Crippen LogP contribution in [0.2, 0.25) is 0 Å². The molecule has 21 heavy (non-hydrogen) atoms. The molecule has 0 bridgehead atoms. The minimum Gasteiger partial charge on any atom is -0.350 e.